The molecule has 0 fully saturated rings. The minimum absolute atomic E-state index is 0.556. The Morgan fingerprint density at radius 3 is 2.61 bits per heavy atom. The lowest BCUT2D eigenvalue weighted by molar-refractivity contribution is 0.848. The number of hydrogen-bond acceptors (Lipinski definition) is 2. The number of nitrogens with two attached hydrogens (primary N) is 1. The molecule has 4 aromatic rings. The summed E-state index contributed by atoms with van der Waals surface area (Å²) in [6.07, 6.45) is 0. The van der Waals surface area contributed by atoms with E-state index in [9.17, 15) is 0 Å². The third-order valence-electron chi connectivity index (χ3n) is 3.93. The monoisotopic (exact) mass is 344 g/mol. The number of hydrogen-bond donors (Lipinski definition) is 1. The number of fused-ring (bicyclic) bond motifs is 3. The second-order valence-electron chi connectivity index (χ2n) is 5.64. The molecular weight excluding hydrogens is 331 g/mol. The van der Waals surface area contributed by atoms with Gasteiger partial charge in [0.25, 0.3) is 0 Å². The summed E-state index contributed by atoms with van der Waals surface area (Å²) in [6, 6.07) is 13.6. The summed E-state index contributed by atoms with van der Waals surface area (Å²) in [6.45, 7) is 2.65. The summed E-state index contributed by atoms with van der Waals surface area (Å²) in [5.41, 5.74) is 11.8. The predicted molar refractivity (Wildman–Crippen MR) is 95.4 cm³/mol. The van der Waals surface area contributed by atoms with Gasteiger partial charge in [-0.05, 0) is 42.8 Å². The van der Waals surface area contributed by atoms with Crippen LogP contribution in [0.25, 0.3) is 16.7 Å². The number of anilines is 1. The molecule has 2 N–H and O–H groups in total. The van der Waals surface area contributed by atoms with Gasteiger partial charge in [-0.25, -0.2) is 4.52 Å². The van der Waals surface area contributed by atoms with Gasteiger partial charge in [0.05, 0.1) is 26.8 Å². The quantitative estimate of drug-likeness (QED) is 0.543. The molecule has 0 amide bonds. The number of nitrogens with zero attached hydrogens (tertiary/aromatic N) is 3. The van der Waals surface area contributed by atoms with Crippen molar-refractivity contribution in [2.45, 2.75) is 13.5 Å². The Morgan fingerprint density at radius 1 is 1.00 bits per heavy atom. The van der Waals surface area contributed by atoms with Gasteiger partial charge in [0.15, 0.2) is 0 Å². The SMILES string of the molecule is Cc1cc2n(Cc3ccc(Cl)c(Cl)c3)c3cc(N)ccc3n2n1. The van der Waals surface area contributed by atoms with Gasteiger partial charge in [-0.3, -0.25) is 0 Å². The van der Waals surface area contributed by atoms with Crippen molar-refractivity contribution in [3.8, 4) is 0 Å². The molecule has 6 heteroatoms. The first-order chi connectivity index (χ1) is 11.0. The van der Waals surface area contributed by atoms with Crippen LogP contribution >= 0.6 is 23.2 Å². The van der Waals surface area contributed by atoms with Gasteiger partial charge in [0.1, 0.15) is 5.65 Å². The van der Waals surface area contributed by atoms with E-state index in [-0.39, 0.29) is 0 Å². The first kappa shape index (κ1) is 14.4. The van der Waals surface area contributed by atoms with Crippen molar-refractivity contribution in [3.05, 3.63) is 63.8 Å². The van der Waals surface area contributed by atoms with Gasteiger partial charge in [-0.2, -0.15) is 5.10 Å². The van der Waals surface area contributed by atoms with Gasteiger partial charge < -0.3 is 10.3 Å². The molecule has 4 nitrogen and oxygen atoms in total. The Kier molecular flexibility index (Phi) is 3.25. The number of halogens is 2. The molecule has 2 aromatic heterocycles. The fraction of sp³-hybridized carbons (Fsp3) is 0.118. The Bertz CT molecular complexity index is 1050. The Hall–Kier alpha value is -2.17. The summed E-state index contributed by atoms with van der Waals surface area (Å²) in [5, 5.41) is 5.69. The number of aryl methyl sites for hydroxylation is 1. The van der Waals surface area contributed by atoms with Crippen molar-refractivity contribution >= 4 is 45.6 Å². The second-order valence-corrected chi connectivity index (χ2v) is 6.45. The zero-order chi connectivity index (χ0) is 16.1. The van der Waals surface area contributed by atoms with Crippen LogP contribution in [0.1, 0.15) is 11.3 Å². The summed E-state index contributed by atoms with van der Waals surface area (Å²) in [7, 11) is 0. The van der Waals surface area contributed by atoms with Crippen LogP contribution < -0.4 is 5.73 Å². The van der Waals surface area contributed by atoms with Crippen molar-refractivity contribution < 1.29 is 0 Å². The summed E-state index contributed by atoms with van der Waals surface area (Å²) >= 11 is 12.1. The van der Waals surface area contributed by atoms with E-state index in [1.807, 2.05) is 47.8 Å². The van der Waals surface area contributed by atoms with Crippen LogP contribution in [0.4, 0.5) is 5.69 Å². The highest BCUT2D eigenvalue weighted by molar-refractivity contribution is 6.42. The van der Waals surface area contributed by atoms with E-state index >= 15 is 0 Å². The number of nitrogen functional groups attached to an aromatic ring is 1. The normalized spacial score (nSPS) is 11.6. The first-order valence-electron chi connectivity index (χ1n) is 7.21. The minimum Gasteiger partial charge on any atom is -0.399 e. The van der Waals surface area contributed by atoms with Crippen molar-refractivity contribution in [2.24, 2.45) is 0 Å². The number of rotatable bonds is 2. The molecule has 0 radical (unpaired) electrons. The van der Waals surface area contributed by atoms with Crippen LogP contribution in [0, 0.1) is 6.92 Å². The molecule has 0 saturated carbocycles. The standard InChI is InChI=1S/C17H14Cl2N4/c1-10-6-17-22(9-11-2-4-13(18)14(19)7-11)16-8-12(20)3-5-15(16)23(17)21-10/h2-8H,9,20H2,1H3. The fourth-order valence-electron chi connectivity index (χ4n) is 2.90. The fourth-order valence-corrected chi connectivity index (χ4v) is 3.22. The van der Waals surface area contributed by atoms with Crippen molar-refractivity contribution in [1.82, 2.24) is 14.2 Å². The van der Waals surface area contributed by atoms with E-state index in [2.05, 4.69) is 15.7 Å². The van der Waals surface area contributed by atoms with Gasteiger partial charge >= 0.3 is 0 Å². The van der Waals surface area contributed by atoms with Crippen molar-refractivity contribution in [1.29, 1.82) is 0 Å². The molecule has 0 aliphatic rings. The lowest BCUT2D eigenvalue weighted by atomic mass is 10.2. The highest BCUT2D eigenvalue weighted by Gasteiger charge is 2.13. The molecule has 4 rings (SSSR count). The number of imidazole rings is 1. The van der Waals surface area contributed by atoms with Crippen molar-refractivity contribution in [2.75, 3.05) is 5.73 Å². The largest absolute Gasteiger partial charge is 0.399 e. The Morgan fingerprint density at radius 2 is 1.83 bits per heavy atom. The summed E-state index contributed by atoms with van der Waals surface area (Å²) in [4.78, 5) is 0. The van der Waals surface area contributed by atoms with Gasteiger partial charge in [-0.15, -0.1) is 0 Å². The minimum atomic E-state index is 0.556. The zero-order valence-corrected chi connectivity index (χ0v) is 13.9. The maximum Gasteiger partial charge on any atom is 0.137 e. The van der Waals surface area contributed by atoms with Crippen molar-refractivity contribution in [3.63, 3.8) is 0 Å². The Labute approximate surface area is 143 Å². The van der Waals surface area contributed by atoms with Crippen LogP contribution in [-0.2, 0) is 6.54 Å². The number of aromatic nitrogens is 3. The van der Waals surface area contributed by atoms with E-state index in [0.717, 1.165) is 33.6 Å². The molecule has 0 saturated heterocycles. The van der Waals surface area contributed by atoms with Gasteiger partial charge in [-0.1, -0.05) is 29.3 Å². The second kappa shape index (κ2) is 5.18. The molecule has 0 aliphatic carbocycles. The first-order valence-corrected chi connectivity index (χ1v) is 7.96. The van der Waals surface area contributed by atoms with Crippen LogP contribution in [0.2, 0.25) is 10.0 Å². The van der Waals surface area contributed by atoms with E-state index in [0.29, 0.717) is 16.6 Å². The molecule has 0 atom stereocenters. The third-order valence-corrected chi connectivity index (χ3v) is 4.67. The average molecular weight is 345 g/mol. The summed E-state index contributed by atoms with van der Waals surface area (Å²) < 4.78 is 4.13. The molecule has 116 valence electrons. The third kappa shape index (κ3) is 2.35. The number of benzene rings is 2. The molecule has 2 heterocycles. The van der Waals surface area contributed by atoms with E-state index in [1.165, 1.54) is 0 Å². The average Bonchev–Trinajstić information content (AvgIpc) is 3.00. The molecule has 0 bridgehead atoms. The molecule has 0 unspecified atom stereocenters. The van der Waals surface area contributed by atoms with Gasteiger partial charge in [0.2, 0.25) is 0 Å². The zero-order valence-electron chi connectivity index (χ0n) is 12.4. The smallest absolute Gasteiger partial charge is 0.137 e. The highest BCUT2D eigenvalue weighted by atomic mass is 35.5. The topological polar surface area (TPSA) is 48.2 Å². The van der Waals surface area contributed by atoms with Crippen LogP contribution in [0.3, 0.4) is 0 Å². The maximum absolute atomic E-state index is 6.14. The molecular formula is C17H14Cl2N4. The Balaban J connectivity index is 1.95. The lowest BCUT2D eigenvalue weighted by Gasteiger charge is -2.07. The molecule has 0 aliphatic heterocycles. The van der Waals surface area contributed by atoms with E-state index in [4.69, 9.17) is 28.9 Å². The maximum atomic E-state index is 6.14. The van der Waals surface area contributed by atoms with Crippen LogP contribution in [-0.4, -0.2) is 14.2 Å². The van der Waals surface area contributed by atoms with Crippen LogP contribution in [0.15, 0.2) is 42.5 Å². The van der Waals surface area contributed by atoms with Crippen LogP contribution in [0.5, 0.6) is 0 Å². The molecule has 23 heavy (non-hydrogen) atoms. The predicted octanol–water partition coefficient (Wildman–Crippen LogP) is 4.53. The summed E-state index contributed by atoms with van der Waals surface area (Å²) in [5.74, 6) is 0. The van der Waals surface area contributed by atoms with E-state index in [1.54, 1.807) is 0 Å². The van der Waals surface area contributed by atoms with E-state index < -0.39 is 0 Å². The highest BCUT2D eigenvalue weighted by Crippen LogP contribution is 2.27. The molecule has 0 spiro atoms. The van der Waals surface area contributed by atoms with Gasteiger partial charge in [0, 0.05) is 18.3 Å². The molecule has 2 aromatic carbocycles. The lowest BCUT2D eigenvalue weighted by Crippen LogP contribution is -2.00.